The van der Waals surface area contributed by atoms with Crippen LogP contribution in [0, 0.1) is 5.92 Å². The number of benzene rings is 4. The summed E-state index contributed by atoms with van der Waals surface area (Å²) in [5, 5.41) is 3.30. The molecule has 0 heterocycles. The molecule has 0 aliphatic rings. The number of hydrogen-bond donors (Lipinski definition) is 1. The van der Waals surface area contributed by atoms with Gasteiger partial charge in [0.25, 0.3) is 10.0 Å². The van der Waals surface area contributed by atoms with Crippen molar-refractivity contribution >= 4 is 39.1 Å². The van der Waals surface area contributed by atoms with Crippen LogP contribution in [0.3, 0.4) is 0 Å². The Morgan fingerprint density at radius 2 is 1.49 bits per heavy atom. The third kappa shape index (κ3) is 9.09. The third-order valence-electron chi connectivity index (χ3n) is 7.15. The van der Waals surface area contributed by atoms with Crippen LogP contribution in [-0.4, -0.2) is 51.4 Å². The van der Waals surface area contributed by atoms with E-state index in [1.165, 1.54) is 23.1 Å². The van der Waals surface area contributed by atoms with Crippen molar-refractivity contribution in [2.45, 2.75) is 37.8 Å². The molecule has 4 aromatic rings. The Morgan fingerprint density at radius 3 is 2.13 bits per heavy atom. The summed E-state index contributed by atoms with van der Waals surface area (Å²) in [5.74, 6) is -0.110. The number of anilines is 1. The highest BCUT2D eigenvalue weighted by Gasteiger charge is 2.34. The number of sulfonamides is 1. The maximum atomic E-state index is 14.5. The second kappa shape index (κ2) is 15.6. The number of nitrogens with one attached hydrogen (secondary N) is 1. The largest absolute Gasteiger partial charge is 0.497 e. The Labute approximate surface area is 270 Å². The van der Waals surface area contributed by atoms with Crippen LogP contribution < -0.4 is 14.4 Å². The Bertz CT molecular complexity index is 1680. The van der Waals surface area contributed by atoms with Crippen molar-refractivity contribution < 1.29 is 22.7 Å². The minimum atomic E-state index is -4.20. The number of rotatable bonds is 14. The molecule has 0 aliphatic carbocycles. The number of methoxy groups -OCH3 is 1. The summed E-state index contributed by atoms with van der Waals surface area (Å²) in [6.07, 6.45) is 0.225. The molecule has 45 heavy (non-hydrogen) atoms. The lowest BCUT2D eigenvalue weighted by molar-refractivity contribution is -0.140. The van der Waals surface area contributed by atoms with Gasteiger partial charge < -0.3 is 15.0 Å². The zero-order valence-corrected chi connectivity index (χ0v) is 27.2. The first-order valence-electron chi connectivity index (χ1n) is 14.7. The van der Waals surface area contributed by atoms with Crippen LogP contribution in [0.25, 0.3) is 0 Å². The van der Waals surface area contributed by atoms with E-state index in [-0.39, 0.29) is 35.4 Å². The third-order valence-corrected chi connectivity index (χ3v) is 9.17. The minimum Gasteiger partial charge on any atom is -0.497 e. The Hall–Kier alpha value is -4.34. The van der Waals surface area contributed by atoms with Gasteiger partial charge in [0.15, 0.2) is 0 Å². The molecular weight excluding hydrogens is 610 g/mol. The quantitative estimate of drug-likeness (QED) is 0.182. The van der Waals surface area contributed by atoms with Crippen LogP contribution in [0.4, 0.5) is 5.69 Å². The fourth-order valence-corrected chi connectivity index (χ4v) is 6.44. The number of carbonyl (C=O) groups is 2. The van der Waals surface area contributed by atoms with Crippen molar-refractivity contribution in [1.82, 2.24) is 10.2 Å². The Morgan fingerprint density at radius 1 is 0.844 bits per heavy atom. The fourth-order valence-electron chi connectivity index (χ4n) is 4.82. The maximum absolute atomic E-state index is 14.5. The Kier molecular flexibility index (Phi) is 11.6. The first-order valence-corrected chi connectivity index (χ1v) is 16.5. The molecule has 2 amide bonds. The summed E-state index contributed by atoms with van der Waals surface area (Å²) in [7, 11) is -2.65. The number of ether oxygens (including phenoxy) is 1. The van der Waals surface area contributed by atoms with Gasteiger partial charge in [-0.15, -0.1) is 0 Å². The monoisotopic (exact) mass is 647 g/mol. The summed E-state index contributed by atoms with van der Waals surface area (Å²) < 4.78 is 34.5. The van der Waals surface area contributed by atoms with Gasteiger partial charge >= 0.3 is 0 Å². The molecule has 0 aromatic heterocycles. The van der Waals surface area contributed by atoms with Gasteiger partial charge in [0, 0.05) is 24.5 Å². The van der Waals surface area contributed by atoms with E-state index in [9.17, 15) is 18.0 Å². The number of nitrogens with zero attached hydrogens (tertiary/aromatic N) is 2. The Balaban J connectivity index is 1.80. The van der Waals surface area contributed by atoms with Crippen LogP contribution in [0.1, 0.15) is 25.0 Å². The van der Waals surface area contributed by atoms with Crippen molar-refractivity contribution in [1.29, 1.82) is 0 Å². The van der Waals surface area contributed by atoms with Crippen molar-refractivity contribution in [2.75, 3.05) is 24.5 Å². The van der Waals surface area contributed by atoms with Crippen molar-refractivity contribution in [3.8, 4) is 5.75 Å². The zero-order valence-electron chi connectivity index (χ0n) is 25.6. The number of halogens is 1. The molecule has 0 saturated carbocycles. The van der Waals surface area contributed by atoms with Crippen molar-refractivity contribution in [3.05, 3.63) is 125 Å². The average molecular weight is 648 g/mol. The van der Waals surface area contributed by atoms with E-state index < -0.39 is 28.5 Å². The second-order valence-electron chi connectivity index (χ2n) is 11.0. The second-order valence-corrected chi connectivity index (χ2v) is 13.3. The van der Waals surface area contributed by atoms with E-state index in [0.29, 0.717) is 17.3 Å². The van der Waals surface area contributed by atoms with Crippen molar-refractivity contribution in [3.63, 3.8) is 0 Å². The summed E-state index contributed by atoms with van der Waals surface area (Å²) in [4.78, 5) is 29.8. The lowest BCUT2D eigenvalue weighted by Crippen LogP contribution is -2.53. The van der Waals surface area contributed by atoms with Gasteiger partial charge in [-0.1, -0.05) is 92.2 Å². The standard InChI is InChI=1S/C35H38ClN3O5S/c1-26(2)23-37-35(41)33(21-27-12-6-4-7-13-27)38(24-28-14-10-17-31(20-28)44-3)34(40)25-39(30-16-11-15-29(36)22-30)45(42,43)32-18-8-5-9-19-32/h4-20,22,26,33H,21,23-25H2,1-3H3,(H,37,41)/t33-/m0/s1. The predicted molar refractivity (Wildman–Crippen MR) is 178 cm³/mol. The van der Waals surface area contributed by atoms with Gasteiger partial charge in [0.05, 0.1) is 17.7 Å². The first-order chi connectivity index (χ1) is 21.6. The van der Waals surface area contributed by atoms with Crippen LogP contribution in [0.15, 0.2) is 114 Å². The van der Waals surface area contributed by atoms with E-state index in [2.05, 4.69) is 5.32 Å². The molecule has 0 spiro atoms. The molecule has 4 rings (SSSR count). The predicted octanol–water partition coefficient (Wildman–Crippen LogP) is 5.96. The molecule has 8 nitrogen and oxygen atoms in total. The lowest BCUT2D eigenvalue weighted by Gasteiger charge is -2.34. The highest BCUT2D eigenvalue weighted by molar-refractivity contribution is 7.92. The van der Waals surface area contributed by atoms with E-state index in [1.807, 2.05) is 50.2 Å². The van der Waals surface area contributed by atoms with Crippen LogP contribution in [0.2, 0.25) is 5.02 Å². The van der Waals surface area contributed by atoms with Crippen molar-refractivity contribution in [2.24, 2.45) is 5.92 Å². The average Bonchev–Trinajstić information content (AvgIpc) is 3.04. The molecule has 1 N–H and O–H groups in total. The topological polar surface area (TPSA) is 96.0 Å². The molecule has 1 atom stereocenters. The lowest BCUT2D eigenvalue weighted by atomic mass is 10.0. The zero-order chi connectivity index (χ0) is 32.4. The summed E-state index contributed by atoms with van der Waals surface area (Å²) in [6.45, 7) is 3.87. The highest BCUT2D eigenvalue weighted by atomic mass is 35.5. The van der Waals surface area contributed by atoms with Gasteiger partial charge in [-0.2, -0.15) is 0 Å². The molecule has 4 aromatic carbocycles. The molecular formula is C35H38ClN3O5S. The van der Waals surface area contributed by atoms with E-state index in [4.69, 9.17) is 16.3 Å². The minimum absolute atomic E-state index is 0.0210. The summed E-state index contributed by atoms with van der Waals surface area (Å²) in [5.41, 5.74) is 1.80. The van der Waals surface area contributed by atoms with Gasteiger partial charge in [0.2, 0.25) is 11.8 Å². The normalized spacial score (nSPS) is 11.9. The maximum Gasteiger partial charge on any atom is 0.264 e. The number of hydrogen-bond acceptors (Lipinski definition) is 5. The first kappa shape index (κ1) is 33.6. The molecule has 0 bridgehead atoms. The molecule has 236 valence electrons. The van der Waals surface area contributed by atoms with Gasteiger partial charge in [-0.05, 0) is 59.5 Å². The van der Waals surface area contributed by atoms with Gasteiger partial charge in [0.1, 0.15) is 18.3 Å². The van der Waals surface area contributed by atoms with Crippen LogP contribution in [0.5, 0.6) is 5.75 Å². The molecule has 0 aliphatic heterocycles. The van der Waals surface area contributed by atoms with Gasteiger partial charge in [-0.25, -0.2) is 8.42 Å². The number of carbonyl (C=O) groups excluding carboxylic acids is 2. The van der Waals surface area contributed by atoms with Crippen LogP contribution >= 0.6 is 11.6 Å². The number of amides is 2. The smallest absolute Gasteiger partial charge is 0.264 e. The SMILES string of the molecule is COc1cccc(CN(C(=O)CN(c2cccc(Cl)c2)S(=O)(=O)c2ccccc2)[C@@H](Cc2ccccc2)C(=O)NCC(C)C)c1. The molecule has 0 saturated heterocycles. The highest BCUT2D eigenvalue weighted by Crippen LogP contribution is 2.27. The molecule has 0 fully saturated rings. The van der Waals surface area contributed by atoms with Crippen LogP contribution in [-0.2, 0) is 32.6 Å². The summed E-state index contributed by atoms with van der Waals surface area (Å²) >= 11 is 6.28. The fraction of sp³-hybridized carbons (Fsp3) is 0.257. The molecule has 0 radical (unpaired) electrons. The van der Waals surface area contributed by atoms with E-state index in [1.54, 1.807) is 61.7 Å². The van der Waals surface area contributed by atoms with E-state index in [0.717, 1.165) is 15.4 Å². The summed E-state index contributed by atoms with van der Waals surface area (Å²) in [6, 6.07) is 30.0. The molecule has 0 unspecified atom stereocenters. The van der Waals surface area contributed by atoms with Gasteiger partial charge in [-0.3, -0.25) is 13.9 Å². The molecule has 10 heteroatoms. The van der Waals surface area contributed by atoms with E-state index >= 15 is 0 Å².